The minimum Gasteiger partial charge on any atom is -0.506 e. The minimum atomic E-state index is -0.389. The Morgan fingerprint density at radius 2 is 2.04 bits per heavy atom. The maximum Gasteiger partial charge on any atom is 0.277 e. The fourth-order valence-electron chi connectivity index (χ4n) is 1.99. The smallest absolute Gasteiger partial charge is 0.277 e. The number of rotatable bonds is 5. The Labute approximate surface area is 157 Å². The number of halogens is 2. The second kappa shape index (κ2) is 8.30. The second-order valence-electron chi connectivity index (χ2n) is 5.18. The normalized spacial score (nSPS) is 10.8. The number of hydrogen-bond acceptors (Lipinski definition) is 4. The summed E-state index contributed by atoms with van der Waals surface area (Å²) in [5.74, 6) is 0.316. The average molecular weight is 456 g/mol. The molecule has 24 heavy (non-hydrogen) atoms. The van der Waals surface area contributed by atoms with Gasteiger partial charge in [0.15, 0.2) is 6.61 Å². The zero-order chi connectivity index (χ0) is 17.7. The van der Waals surface area contributed by atoms with Gasteiger partial charge in [0, 0.05) is 10.0 Å². The van der Waals surface area contributed by atoms with E-state index in [9.17, 15) is 9.90 Å². The van der Waals surface area contributed by atoms with E-state index in [-0.39, 0.29) is 18.3 Å². The molecule has 0 aromatic heterocycles. The Balaban J connectivity index is 1.91. The highest BCUT2D eigenvalue weighted by Gasteiger charge is 2.06. The molecule has 0 unspecified atom stereocenters. The number of ether oxygens (including phenoxy) is 1. The molecule has 0 radical (unpaired) electrons. The number of hydrazone groups is 1. The Hall–Kier alpha value is -1.86. The Bertz CT molecular complexity index is 792. The first-order valence-corrected chi connectivity index (χ1v) is 8.65. The topological polar surface area (TPSA) is 70.9 Å². The van der Waals surface area contributed by atoms with Crippen LogP contribution in [0.25, 0.3) is 0 Å². The van der Waals surface area contributed by atoms with E-state index in [0.717, 1.165) is 15.6 Å². The van der Waals surface area contributed by atoms with Crippen molar-refractivity contribution in [2.45, 2.75) is 13.8 Å². The van der Waals surface area contributed by atoms with E-state index in [0.29, 0.717) is 15.8 Å². The lowest BCUT2D eigenvalue weighted by molar-refractivity contribution is -0.123. The number of phenolic OH excluding ortho intramolecular Hbond substituents is 1. The number of carbonyl (C=O) groups is 1. The molecule has 0 aliphatic heterocycles. The summed E-state index contributed by atoms with van der Waals surface area (Å²) in [5, 5.41) is 13.7. The Kier molecular flexibility index (Phi) is 6.39. The Morgan fingerprint density at radius 1 is 1.29 bits per heavy atom. The van der Waals surface area contributed by atoms with Crippen molar-refractivity contribution in [3.63, 3.8) is 0 Å². The number of amides is 1. The fourth-order valence-corrected chi connectivity index (χ4v) is 3.25. The van der Waals surface area contributed by atoms with Gasteiger partial charge in [-0.3, -0.25) is 4.79 Å². The highest BCUT2D eigenvalue weighted by atomic mass is 79.9. The largest absolute Gasteiger partial charge is 0.506 e. The molecule has 0 bridgehead atoms. The molecule has 0 aliphatic carbocycles. The van der Waals surface area contributed by atoms with Gasteiger partial charge in [-0.05, 0) is 53.5 Å². The molecule has 0 atom stereocenters. The third-order valence-electron chi connectivity index (χ3n) is 3.14. The van der Waals surface area contributed by atoms with Crippen molar-refractivity contribution >= 4 is 44.0 Å². The summed E-state index contributed by atoms with van der Waals surface area (Å²) in [7, 11) is 0. The van der Waals surface area contributed by atoms with Crippen LogP contribution in [-0.2, 0) is 4.79 Å². The monoisotopic (exact) mass is 454 g/mol. The van der Waals surface area contributed by atoms with Crippen molar-refractivity contribution in [3.8, 4) is 11.5 Å². The SMILES string of the molecule is Cc1ccc(OCC(=O)NN=Cc2cc(Br)cc(Br)c2O)c(C)c1. The van der Waals surface area contributed by atoms with Crippen LogP contribution in [0.15, 0.2) is 44.4 Å². The maximum atomic E-state index is 11.8. The molecule has 7 heteroatoms. The average Bonchev–Trinajstić information content (AvgIpc) is 2.51. The summed E-state index contributed by atoms with van der Waals surface area (Å²) in [6, 6.07) is 9.13. The first-order chi connectivity index (χ1) is 11.4. The van der Waals surface area contributed by atoms with E-state index < -0.39 is 0 Å². The molecule has 2 N–H and O–H groups in total. The van der Waals surface area contributed by atoms with Gasteiger partial charge in [-0.25, -0.2) is 5.43 Å². The molecule has 126 valence electrons. The molecular weight excluding hydrogens is 440 g/mol. The van der Waals surface area contributed by atoms with Crippen LogP contribution < -0.4 is 10.2 Å². The summed E-state index contributed by atoms with van der Waals surface area (Å²) in [5.41, 5.74) is 4.93. The van der Waals surface area contributed by atoms with Crippen molar-refractivity contribution in [1.29, 1.82) is 0 Å². The van der Waals surface area contributed by atoms with E-state index >= 15 is 0 Å². The molecule has 0 spiro atoms. The summed E-state index contributed by atoms with van der Waals surface area (Å²) >= 11 is 6.55. The molecule has 0 heterocycles. The first kappa shape index (κ1) is 18.5. The molecule has 2 aromatic carbocycles. The number of aryl methyl sites for hydroxylation is 2. The van der Waals surface area contributed by atoms with Gasteiger partial charge in [0.25, 0.3) is 5.91 Å². The molecule has 2 rings (SSSR count). The number of hydrogen-bond donors (Lipinski definition) is 2. The lowest BCUT2D eigenvalue weighted by Gasteiger charge is -2.08. The molecule has 1 amide bonds. The number of nitrogens with one attached hydrogen (secondary N) is 1. The highest BCUT2D eigenvalue weighted by molar-refractivity contribution is 9.11. The fraction of sp³-hybridized carbons (Fsp3) is 0.176. The molecule has 0 aliphatic rings. The molecule has 2 aromatic rings. The summed E-state index contributed by atoms with van der Waals surface area (Å²) in [4.78, 5) is 11.8. The van der Waals surface area contributed by atoms with Crippen LogP contribution in [0.5, 0.6) is 11.5 Å². The summed E-state index contributed by atoms with van der Waals surface area (Å²) < 4.78 is 6.77. The third-order valence-corrected chi connectivity index (χ3v) is 4.20. The van der Waals surface area contributed by atoms with Crippen molar-refractivity contribution in [1.82, 2.24) is 5.43 Å². The van der Waals surface area contributed by atoms with E-state index in [1.54, 1.807) is 12.1 Å². The number of carbonyl (C=O) groups excluding carboxylic acids is 1. The van der Waals surface area contributed by atoms with Gasteiger partial charge in [0.1, 0.15) is 11.5 Å². The predicted octanol–water partition coefficient (Wildman–Crippen LogP) is 4.06. The lowest BCUT2D eigenvalue weighted by atomic mass is 10.1. The van der Waals surface area contributed by atoms with E-state index in [2.05, 4.69) is 42.4 Å². The van der Waals surface area contributed by atoms with Crippen LogP contribution in [-0.4, -0.2) is 23.8 Å². The summed E-state index contributed by atoms with van der Waals surface area (Å²) in [6.07, 6.45) is 1.36. The van der Waals surface area contributed by atoms with Crippen molar-refractivity contribution in [3.05, 3.63) is 56.0 Å². The van der Waals surface area contributed by atoms with Gasteiger partial charge >= 0.3 is 0 Å². The van der Waals surface area contributed by atoms with E-state index in [1.807, 2.05) is 32.0 Å². The predicted molar refractivity (Wildman–Crippen MR) is 101 cm³/mol. The van der Waals surface area contributed by atoms with Gasteiger partial charge in [-0.15, -0.1) is 0 Å². The van der Waals surface area contributed by atoms with E-state index in [1.165, 1.54) is 6.21 Å². The number of aromatic hydroxyl groups is 1. The van der Waals surface area contributed by atoms with Crippen LogP contribution in [0.3, 0.4) is 0 Å². The maximum absolute atomic E-state index is 11.8. The van der Waals surface area contributed by atoms with Crippen molar-refractivity contribution in [2.75, 3.05) is 6.61 Å². The molecule has 0 saturated heterocycles. The van der Waals surface area contributed by atoms with Gasteiger partial charge in [0.05, 0.1) is 10.7 Å². The van der Waals surface area contributed by atoms with Gasteiger partial charge in [0.2, 0.25) is 0 Å². The van der Waals surface area contributed by atoms with Gasteiger partial charge in [-0.1, -0.05) is 33.6 Å². The number of benzene rings is 2. The van der Waals surface area contributed by atoms with Crippen molar-refractivity contribution < 1.29 is 14.6 Å². The molecule has 0 fully saturated rings. The molecule has 0 saturated carbocycles. The summed E-state index contributed by atoms with van der Waals surface area (Å²) in [6.45, 7) is 3.77. The lowest BCUT2D eigenvalue weighted by Crippen LogP contribution is -2.24. The highest BCUT2D eigenvalue weighted by Crippen LogP contribution is 2.30. The third kappa shape index (κ3) is 5.07. The standard InChI is InChI=1S/C17H16Br2N2O3/c1-10-3-4-15(11(2)5-10)24-9-16(22)21-20-8-12-6-13(18)7-14(19)17(12)23/h3-8,23H,9H2,1-2H3,(H,21,22). The van der Waals surface area contributed by atoms with Crippen LogP contribution in [0.2, 0.25) is 0 Å². The Morgan fingerprint density at radius 3 is 2.75 bits per heavy atom. The second-order valence-corrected chi connectivity index (χ2v) is 6.95. The number of phenols is 1. The van der Waals surface area contributed by atoms with Crippen LogP contribution in [0, 0.1) is 13.8 Å². The zero-order valence-electron chi connectivity index (χ0n) is 13.1. The quantitative estimate of drug-likeness (QED) is 0.527. The van der Waals surface area contributed by atoms with Gasteiger partial charge in [-0.2, -0.15) is 5.10 Å². The van der Waals surface area contributed by atoms with E-state index in [4.69, 9.17) is 4.74 Å². The molecular formula is C17H16Br2N2O3. The zero-order valence-corrected chi connectivity index (χ0v) is 16.3. The number of nitrogens with zero attached hydrogens (tertiary/aromatic N) is 1. The minimum absolute atomic E-state index is 0.0442. The van der Waals surface area contributed by atoms with Crippen LogP contribution in [0.4, 0.5) is 0 Å². The molecule has 5 nitrogen and oxygen atoms in total. The van der Waals surface area contributed by atoms with Gasteiger partial charge < -0.3 is 9.84 Å². The first-order valence-electron chi connectivity index (χ1n) is 7.07. The van der Waals surface area contributed by atoms with Crippen molar-refractivity contribution in [2.24, 2.45) is 5.10 Å². The van der Waals surface area contributed by atoms with Crippen LogP contribution >= 0.6 is 31.9 Å². The van der Waals surface area contributed by atoms with Crippen LogP contribution in [0.1, 0.15) is 16.7 Å².